The third-order valence-corrected chi connectivity index (χ3v) is 5.08. The van der Waals surface area contributed by atoms with E-state index in [-0.39, 0.29) is 30.0 Å². The highest BCUT2D eigenvalue weighted by Gasteiger charge is 2.33. The molecule has 0 aliphatic carbocycles. The van der Waals surface area contributed by atoms with Crippen LogP contribution in [0.1, 0.15) is 51.2 Å². The van der Waals surface area contributed by atoms with Gasteiger partial charge in [-0.15, -0.1) is 35.3 Å². The van der Waals surface area contributed by atoms with E-state index in [9.17, 15) is 13.2 Å². The summed E-state index contributed by atoms with van der Waals surface area (Å²) in [6.07, 6.45) is -1.85. The molecule has 0 fully saturated rings. The summed E-state index contributed by atoms with van der Waals surface area (Å²) in [5.41, 5.74) is -0.821. The molecule has 2 N–H and O–H groups in total. The molecule has 0 aliphatic heterocycles. The summed E-state index contributed by atoms with van der Waals surface area (Å²) in [5, 5.41) is 8.06. The van der Waals surface area contributed by atoms with E-state index in [1.807, 2.05) is 6.92 Å². The number of hydrogen-bond donors (Lipinski definition) is 2. The van der Waals surface area contributed by atoms with E-state index in [1.54, 1.807) is 0 Å². The predicted octanol–water partition coefficient (Wildman–Crippen LogP) is 4.39. The molecule has 1 atom stereocenters. The van der Waals surface area contributed by atoms with Crippen molar-refractivity contribution in [1.29, 1.82) is 0 Å². The molecule has 1 heterocycles. The zero-order chi connectivity index (χ0) is 20.3. The third-order valence-electron chi connectivity index (χ3n) is 4.17. The zero-order valence-corrected chi connectivity index (χ0v) is 20.3. The van der Waals surface area contributed by atoms with Gasteiger partial charge in [0.1, 0.15) is 0 Å². The Bertz CT molecular complexity index is 562. The van der Waals surface area contributed by atoms with Gasteiger partial charge in [0.2, 0.25) is 0 Å². The average Bonchev–Trinajstić information content (AvgIpc) is 3.08. The number of thiazole rings is 1. The number of nitrogens with zero attached hydrogens (tertiary/aromatic N) is 3. The fraction of sp³-hybridized carbons (Fsp3) is 0.778. The van der Waals surface area contributed by atoms with Crippen molar-refractivity contribution in [3.05, 3.63) is 16.1 Å². The first kappa shape index (κ1) is 27.4. The van der Waals surface area contributed by atoms with Gasteiger partial charge in [-0.25, -0.2) is 4.98 Å². The van der Waals surface area contributed by atoms with Gasteiger partial charge in [0.05, 0.1) is 5.01 Å². The lowest BCUT2D eigenvalue weighted by Gasteiger charge is -2.21. The van der Waals surface area contributed by atoms with Crippen LogP contribution in [0.15, 0.2) is 10.4 Å². The number of alkyl halides is 3. The molecule has 0 saturated heterocycles. The van der Waals surface area contributed by atoms with Crippen molar-refractivity contribution in [2.75, 3.05) is 32.7 Å². The SMILES string of the molecule is CCNC(=NCCc1nc(C(F)(F)F)cs1)NC(C)CCCN(CC)CC.I. The van der Waals surface area contributed by atoms with Crippen molar-refractivity contribution in [3.8, 4) is 0 Å². The standard InChI is InChI=1S/C18H32F3N5S.HI/c1-5-22-17(24-14(4)9-8-12-26(6-2)7-3)23-11-10-16-25-15(13-27-16)18(19,20)21;/h13-14H,5-12H2,1-4H3,(H2,22,23,24);1H. The van der Waals surface area contributed by atoms with Crippen LogP contribution < -0.4 is 10.6 Å². The lowest BCUT2D eigenvalue weighted by molar-refractivity contribution is -0.140. The van der Waals surface area contributed by atoms with Gasteiger partial charge in [0.25, 0.3) is 0 Å². The minimum Gasteiger partial charge on any atom is -0.357 e. The van der Waals surface area contributed by atoms with Gasteiger partial charge in [-0.2, -0.15) is 13.2 Å². The molecule has 0 spiro atoms. The minimum absolute atomic E-state index is 0. The smallest absolute Gasteiger partial charge is 0.357 e. The summed E-state index contributed by atoms with van der Waals surface area (Å²) in [5.74, 6) is 0.695. The lowest BCUT2D eigenvalue weighted by Crippen LogP contribution is -2.42. The van der Waals surface area contributed by atoms with E-state index in [4.69, 9.17) is 0 Å². The number of hydrogen-bond acceptors (Lipinski definition) is 4. The van der Waals surface area contributed by atoms with E-state index in [1.165, 1.54) is 0 Å². The molecule has 10 heteroatoms. The topological polar surface area (TPSA) is 52.6 Å². The fourth-order valence-corrected chi connectivity index (χ4v) is 3.40. The lowest BCUT2D eigenvalue weighted by atomic mass is 10.2. The molecule has 28 heavy (non-hydrogen) atoms. The van der Waals surface area contributed by atoms with Gasteiger partial charge < -0.3 is 15.5 Å². The largest absolute Gasteiger partial charge is 0.434 e. The third kappa shape index (κ3) is 10.8. The van der Waals surface area contributed by atoms with Crippen molar-refractivity contribution < 1.29 is 13.2 Å². The molecule has 0 saturated carbocycles. The minimum atomic E-state index is -4.38. The number of guanidine groups is 1. The zero-order valence-electron chi connectivity index (χ0n) is 17.1. The first-order valence-corrected chi connectivity index (χ1v) is 10.5. The van der Waals surface area contributed by atoms with Crippen LogP contribution >= 0.6 is 35.3 Å². The molecule has 164 valence electrons. The first-order chi connectivity index (χ1) is 12.8. The predicted molar refractivity (Wildman–Crippen MR) is 122 cm³/mol. The molecule has 0 radical (unpaired) electrons. The molecular weight excluding hydrogens is 502 g/mol. The Morgan fingerprint density at radius 1 is 1.29 bits per heavy atom. The van der Waals surface area contributed by atoms with Crippen LogP contribution in [-0.2, 0) is 12.6 Å². The molecular formula is C18H33F3IN5S. The van der Waals surface area contributed by atoms with Gasteiger partial charge in [-0.3, -0.25) is 4.99 Å². The summed E-state index contributed by atoms with van der Waals surface area (Å²) in [7, 11) is 0. The van der Waals surface area contributed by atoms with Gasteiger partial charge in [-0.05, 0) is 46.3 Å². The summed E-state index contributed by atoms with van der Waals surface area (Å²) in [4.78, 5) is 10.5. The van der Waals surface area contributed by atoms with Crippen molar-refractivity contribution >= 4 is 41.3 Å². The van der Waals surface area contributed by atoms with Crippen molar-refractivity contribution in [3.63, 3.8) is 0 Å². The Balaban J connectivity index is 0.00000729. The quantitative estimate of drug-likeness (QED) is 0.251. The Morgan fingerprint density at radius 2 is 1.96 bits per heavy atom. The fourth-order valence-electron chi connectivity index (χ4n) is 2.61. The molecule has 0 aromatic carbocycles. The number of halogens is 4. The highest BCUT2D eigenvalue weighted by Crippen LogP contribution is 2.30. The average molecular weight is 535 g/mol. The summed E-state index contributed by atoms with van der Waals surface area (Å²) in [6, 6.07) is 0.273. The van der Waals surface area contributed by atoms with Crippen LogP contribution in [0.25, 0.3) is 0 Å². The Kier molecular flexibility index (Phi) is 14.1. The van der Waals surface area contributed by atoms with Gasteiger partial charge in [0, 0.05) is 30.9 Å². The van der Waals surface area contributed by atoms with Crippen LogP contribution in [0, 0.1) is 0 Å². The monoisotopic (exact) mass is 535 g/mol. The maximum atomic E-state index is 12.6. The Labute approximate surface area is 187 Å². The Morgan fingerprint density at radius 3 is 2.50 bits per heavy atom. The van der Waals surface area contributed by atoms with Crippen molar-refractivity contribution in [1.82, 2.24) is 20.5 Å². The maximum absolute atomic E-state index is 12.6. The normalized spacial score (nSPS) is 13.4. The number of aromatic nitrogens is 1. The van der Waals surface area contributed by atoms with Gasteiger partial charge in [-0.1, -0.05) is 13.8 Å². The second-order valence-electron chi connectivity index (χ2n) is 6.35. The highest BCUT2D eigenvalue weighted by molar-refractivity contribution is 14.0. The number of aliphatic imine (C=N–C) groups is 1. The molecule has 1 aromatic rings. The van der Waals surface area contributed by atoms with E-state index in [0.29, 0.717) is 23.9 Å². The van der Waals surface area contributed by atoms with E-state index in [0.717, 1.165) is 55.7 Å². The van der Waals surface area contributed by atoms with E-state index in [2.05, 4.69) is 46.3 Å². The van der Waals surface area contributed by atoms with Crippen molar-refractivity contribution in [2.45, 2.75) is 59.2 Å². The number of nitrogens with one attached hydrogen (secondary N) is 2. The van der Waals surface area contributed by atoms with Crippen LogP contribution in [0.5, 0.6) is 0 Å². The molecule has 0 bridgehead atoms. The maximum Gasteiger partial charge on any atom is 0.434 e. The second kappa shape index (κ2) is 14.4. The molecule has 1 unspecified atom stereocenters. The van der Waals surface area contributed by atoms with Crippen LogP contribution in [-0.4, -0.2) is 54.6 Å². The van der Waals surface area contributed by atoms with E-state index < -0.39 is 11.9 Å². The second-order valence-corrected chi connectivity index (χ2v) is 7.29. The summed E-state index contributed by atoms with van der Waals surface area (Å²) >= 11 is 1.03. The molecule has 0 amide bonds. The van der Waals surface area contributed by atoms with Crippen LogP contribution in [0.3, 0.4) is 0 Å². The van der Waals surface area contributed by atoms with Gasteiger partial charge >= 0.3 is 6.18 Å². The summed E-state index contributed by atoms with van der Waals surface area (Å²) < 4.78 is 37.8. The first-order valence-electron chi connectivity index (χ1n) is 9.58. The molecule has 1 rings (SSSR count). The molecule has 0 aliphatic rings. The van der Waals surface area contributed by atoms with E-state index >= 15 is 0 Å². The summed E-state index contributed by atoms with van der Waals surface area (Å²) in [6.45, 7) is 12.8. The van der Waals surface area contributed by atoms with Crippen molar-refractivity contribution in [2.24, 2.45) is 4.99 Å². The van der Waals surface area contributed by atoms with Crippen LogP contribution in [0.4, 0.5) is 13.2 Å². The van der Waals surface area contributed by atoms with Crippen LogP contribution in [0.2, 0.25) is 0 Å². The Hall–Kier alpha value is -0.620. The molecule has 1 aromatic heterocycles. The van der Waals surface area contributed by atoms with Gasteiger partial charge in [0.15, 0.2) is 11.7 Å². The highest BCUT2D eigenvalue weighted by atomic mass is 127. The molecule has 5 nitrogen and oxygen atoms in total. The number of rotatable bonds is 11.